The first-order valence-electron chi connectivity index (χ1n) is 6.77. The van der Waals surface area contributed by atoms with Crippen molar-refractivity contribution in [2.45, 2.75) is 32.9 Å². The average Bonchev–Trinajstić information content (AvgIpc) is 2.37. The summed E-state index contributed by atoms with van der Waals surface area (Å²) >= 11 is 6.24. The lowest BCUT2D eigenvalue weighted by Crippen LogP contribution is -2.18. The van der Waals surface area contributed by atoms with Crippen molar-refractivity contribution >= 4 is 11.6 Å². The minimum absolute atomic E-state index is 0.0785. The van der Waals surface area contributed by atoms with Crippen LogP contribution >= 0.6 is 11.6 Å². The van der Waals surface area contributed by atoms with Crippen molar-refractivity contribution in [3.05, 3.63) is 64.2 Å². The number of para-hydroxylation sites is 1. The van der Waals surface area contributed by atoms with E-state index in [9.17, 15) is 0 Å². The molecule has 3 heteroatoms. The van der Waals surface area contributed by atoms with E-state index in [2.05, 4.69) is 25.1 Å². The van der Waals surface area contributed by atoms with E-state index in [1.54, 1.807) is 0 Å². The summed E-state index contributed by atoms with van der Waals surface area (Å²) < 4.78 is 5.92. The molecule has 1 atom stereocenters. The molecule has 0 heterocycles. The molecule has 0 spiro atoms. The van der Waals surface area contributed by atoms with Crippen LogP contribution in [0, 0.1) is 6.92 Å². The maximum atomic E-state index is 6.24. The van der Waals surface area contributed by atoms with Crippen LogP contribution in [-0.4, -0.2) is 6.04 Å². The normalized spacial score (nSPS) is 12.2. The molecule has 0 amide bonds. The monoisotopic (exact) mass is 289 g/mol. The number of rotatable bonds is 5. The Morgan fingerprint density at radius 3 is 2.65 bits per heavy atom. The van der Waals surface area contributed by atoms with E-state index < -0.39 is 0 Å². The van der Waals surface area contributed by atoms with Crippen molar-refractivity contribution in [3.8, 4) is 5.75 Å². The molecule has 2 nitrogen and oxygen atoms in total. The summed E-state index contributed by atoms with van der Waals surface area (Å²) in [6.45, 7) is 4.56. The molecular weight excluding hydrogens is 270 g/mol. The molecule has 0 bridgehead atoms. The summed E-state index contributed by atoms with van der Waals surface area (Å²) in [5.74, 6) is 0.743. The predicted octanol–water partition coefficient (Wildman–Crippen LogP) is 4.12. The largest absolute Gasteiger partial charge is 0.487 e. The van der Waals surface area contributed by atoms with Crippen LogP contribution in [0.15, 0.2) is 42.5 Å². The van der Waals surface area contributed by atoms with Gasteiger partial charge in [-0.3, -0.25) is 0 Å². The Morgan fingerprint density at radius 1 is 1.20 bits per heavy atom. The highest BCUT2D eigenvalue weighted by molar-refractivity contribution is 6.32. The maximum absolute atomic E-state index is 6.24. The van der Waals surface area contributed by atoms with Gasteiger partial charge in [0.25, 0.3) is 0 Å². The molecule has 0 aliphatic carbocycles. The number of halogens is 1. The molecule has 0 saturated carbocycles. The number of hydrogen-bond acceptors (Lipinski definition) is 2. The van der Waals surface area contributed by atoms with Gasteiger partial charge in [-0.15, -0.1) is 0 Å². The lowest BCUT2D eigenvalue weighted by molar-refractivity contribution is 0.302. The number of aryl methyl sites for hydroxylation is 1. The summed E-state index contributed by atoms with van der Waals surface area (Å²) in [5.41, 5.74) is 9.29. The van der Waals surface area contributed by atoms with Gasteiger partial charge in [-0.25, -0.2) is 0 Å². The molecule has 0 fully saturated rings. The molecule has 0 aliphatic rings. The molecule has 106 valence electrons. The molecule has 0 aliphatic heterocycles. The van der Waals surface area contributed by atoms with Crippen molar-refractivity contribution < 1.29 is 4.74 Å². The van der Waals surface area contributed by atoms with E-state index in [-0.39, 0.29) is 6.04 Å². The van der Waals surface area contributed by atoms with Gasteiger partial charge in [0.15, 0.2) is 0 Å². The number of ether oxygens (including phenoxy) is 1. The first kappa shape index (κ1) is 14.9. The van der Waals surface area contributed by atoms with E-state index in [1.807, 2.05) is 31.2 Å². The van der Waals surface area contributed by atoms with Crippen LogP contribution in [0.4, 0.5) is 0 Å². The van der Waals surface area contributed by atoms with Gasteiger partial charge >= 0.3 is 0 Å². The first-order chi connectivity index (χ1) is 9.56. The van der Waals surface area contributed by atoms with Crippen molar-refractivity contribution in [1.29, 1.82) is 0 Å². The van der Waals surface area contributed by atoms with Gasteiger partial charge in [-0.05, 0) is 37.5 Å². The summed E-state index contributed by atoms with van der Waals surface area (Å²) in [6.07, 6.45) is 0.754. The maximum Gasteiger partial charge on any atom is 0.141 e. The first-order valence-corrected chi connectivity index (χ1v) is 7.15. The van der Waals surface area contributed by atoms with E-state index in [4.69, 9.17) is 22.1 Å². The zero-order valence-electron chi connectivity index (χ0n) is 11.9. The van der Waals surface area contributed by atoms with Crippen LogP contribution in [-0.2, 0) is 13.0 Å². The number of benzene rings is 2. The molecular formula is C17H20ClNO. The lowest BCUT2D eigenvalue weighted by atomic mass is 10.1. The zero-order valence-corrected chi connectivity index (χ0v) is 12.7. The fourth-order valence-corrected chi connectivity index (χ4v) is 2.43. The highest BCUT2D eigenvalue weighted by atomic mass is 35.5. The third-order valence-electron chi connectivity index (χ3n) is 3.06. The fraction of sp³-hybridized carbons (Fsp3) is 0.294. The molecule has 0 radical (unpaired) electrons. The van der Waals surface area contributed by atoms with Crippen molar-refractivity contribution in [2.24, 2.45) is 5.73 Å². The van der Waals surface area contributed by atoms with Crippen LogP contribution in [0.1, 0.15) is 23.6 Å². The highest BCUT2D eigenvalue weighted by Crippen LogP contribution is 2.30. The predicted molar refractivity (Wildman–Crippen MR) is 84.3 cm³/mol. The van der Waals surface area contributed by atoms with Gasteiger partial charge in [-0.1, -0.05) is 53.6 Å². The smallest absolute Gasteiger partial charge is 0.141 e. The minimum Gasteiger partial charge on any atom is -0.487 e. The summed E-state index contributed by atoms with van der Waals surface area (Å²) in [7, 11) is 0. The Labute approximate surface area is 125 Å². The molecule has 0 aromatic heterocycles. The van der Waals surface area contributed by atoms with Crippen LogP contribution in [0.25, 0.3) is 0 Å². The van der Waals surface area contributed by atoms with Gasteiger partial charge < -0.3 is 10.5 Å². The Morgan fingerprint density at radius 2 is 1.95 bits per heavy atom. The van der Waals surface area contributed by atoms with Gasteiger partial charge in [0.05, 0.1) is 5.02 Å². The molecule has 0 saturated heterocycles. The van der Waals surface area contributed by atoms with Crippen molar-refractivity contribution in [1.82, 2.24) is 0 Å². The van der Waals surface area contributed by atoms with Gasteiger partial charge in [0, 0.05) is 6.04 Å². The molecule has 2 aromatic rings. The quantitative estimate of drug-likeness (QED) is 0.899. The molecule has 2 rings (SSSR count). The zero-order chi connectivity index (χ0) is 14.5. The minimum atomic E-state index is 0.0785. The molecule has 1 unspecified atom stereocenters. The second kappa shape index (κ2) is 6.78. The van der Waals surface area contributed by atoms with Crippen molar-refractivity contribution in [2.75, 3.05) is 0 Å². The topological polar surface area (TPSA) is 35.2 Å². The number of nitrogens with two attached hydrogens (primary N) is 1. The fourth-order valence-electron chi connectivity index (χ4n) is 2.18. The molecule has 2 aromatic carbocycles. The van der Waals surface area contributed by atoms with Gasteiger partial charge in [0.2, 0.25) is 0 Å². The summed E-state index contributed by atoms with van der Waals surface area (Å²) in [6, 6.07) is 14.1. The van der Waals surface area contributed by atoms with Crippen LogP contribution in [0.3, 0.4) is 0 Å². The third kappa shape index (κ3) is 3.99. The van der Waals surface area contributed by atoms with Gasteiger partial charge in [-0.2, -0.15) is 0 Å². The average molecular weight is 290 g/mol. The van der Waals surface area contributed by atoms with Crippen LogP contribution in [0.2, 0.25) is 5.02 Å². The summed E-state index contributed by atoms with van der Waals surface area (Å²) in [4.78, 5) is 0. The second-order valence-electron chi connectivity index (χ2n) is 5.19. The van der Waals surface area contributed by atoms with Crippen LogP contribution < -0.4 is 10.5 Å². The van der Waals surface area contributed by atoms with E-state index in [0.717, 1.165) is 23.3 Å². The Kier molecular flexibility index (Phi) is 5.05. The number of hydrogen-bond donors (Lipinski definition) is 1. The highest BCUT2D eigenvalue weighted by Gasteiger charge is 2.10. The molecule has 20 heavy (non-hydrogen) atoms. The molecule has 2 N–H and O–H groups in total. The Hall–Kier alpha value is -1.51. The van der Waals surface area contributed by atoms with E-state index in [1.165, 1.54) is 5.56 Å². The third-order valence-corrected chi connectivity index (χ3v) is 3.35. The lowest BCUT2D eigenvalue weighted by Gasteiger charge is -2.15. The van der Waals surface area contributed by atoms with Gasteiger partial charge in [0.1, 0.15) is 12.4 Å². The van der Waals surface area contributed by atoms with E-state index >= 15 is 0 Å². The SMILES string of the molecule is Cc1cccc(COc2c(Cl)cccc2CC(C)N)c1. The Balaban J connectivity index is 2.16. The van der Waals surface area contributed by atoms with E-state index in [0.29, 0.717) is 11.6 Å². The van der Waals surface area contributed by atoms with Crippen molar-refractivity contribution in [3.63, 3.8) is 0 Å². The summed E-state index contributed by atoms with van der Waals surface area (Å²) in [5, 5.41) is 0.635. The standard InChI is InChI=1S/C17H20ClNO/c1-12-5-3-6-14(9-12)11-20-17-15(10-13(2)19)7-4-8-16(17)18/h3-9,13H,10-11,19H2,1-2H3. The second-order valence-corrected chi connectivity index (χ2v) is 5.59. The Bertz CT molecular complexity index is 581. The van der Waals surface area contributed by atoms with Crippen LogP contribution in [0.5, 0.6) is 5.75 Å².